The van der Waals surface area contributed by atoms with Gasteiger partial charge in [0.15, 0.2) is 0 Å². The van der Waals surface area contributed by atoms with Gasteiger partial charge in [0, 0.05) is 32.3 Å². The lowest BCUT2D eigenvalue weighted by Gasteiger charge is -2.28. The van der Waals surface area contributed by atoms with Crippen molar-refractivity contribution < 1.29 is 9.53 Å². The molecule has 1 aliphatic rings. The van der Waals surface area contributed by atoms with Crippen LogP contribution in [0.5, 0.6) is 0 Å². The second-order valence-corrected chi connectivity index (χ2v) is 5.77. The van der Waals surface area contributed by atoms with Crippen molar-refractivity contribution in [3.8, 4) is 0 Å². The third kappa shape index (κ3) is 6.01. The number of morpholine rings is 1. The van der Waals surface area contributed by atoms with Crippen molar-refractivity contribution in [3.63, 3.8) is 0 Å². The first kappa shape index (κ1) is 21.4. The van der Waals surface area contributed by atoms with Crippen molar-refractivity contribution in [1.29, 1.82) is 0 Å². The maximum atomic E-state index is 12.3. The van der Waals surface area contributed by atoms with Gasteiger partial charge in [-0.1, -0.05) is 30.3 Å². The van der Waals surface area contributed by atoms with E-state index < -0.39 is 6.04 Å². The first-order chi connectivity index (χ1) is 11.2. The molecule has 2 aromatic rings. The molecule has 2 heterocycles. The number of imidazole rings is 1. The Hall–Kier alpha value is -1.60. The minimum atomic E-state index is -0.548. The molecule has 1 amide bonds. The summed E-state index contributed by atoms with van der Waals surface area (Å²) >= 11 is 0. The van der Waals surface area contributed by atoms with Crippen LogP contribution in [0, 0.1) is 0 Å². The van der Waals surface area contributed by atoms with Gasteiger partial charge in [-0.05, 0) is 5.56 Å². The van der Waals surface area contributed by atoms with Gasteiger partial charge >= 0.3 is 0 Å². The summed E-state index contributed by atoms with van der Waals surface area (Å²) in [6.07, 6.45) is 4.20. The first-order valence-corrected chi connectivity index (χ1v) is 7.89. The van der Waals surface area contributed by atoms with E-state index in [1.54, 1.807) is 11.2 Å². The largest absolute Gasteiger partial charge is 0.378 e. The Kier molecular flexibility index (Phi) is 8.92. The molecule has 1 atom stereocenters. The van der Waals surface area contributed by atoms with Gasteiger partial charge in [0.05, 0.1) is 31.3 Å². The summed E-state index contributed by atoms with van der Waals surface area (Å²) in [6.45, 7) is 3.18. The summed E-state index contributed by atoms with van der Waals surface area (Å²) in [6, 6.07) is 9.64. The lowest BCUT2D eigenvalue weighted by molar-refractivity contribution is -0.136. The predicted octanol–water partition coefficient (Wildman–Crippen LogP) is 1.50. The molecule has 25 heavy (non-hydrogen) atoms. The van der Waals surface area contributed by atoms with Gasteiger partial charge in [-0.15, -0.1) is 24.8 Å². The average molecular weight is 387 g/mol. The SMILES string of the molecule is Cl.Cl.N[C@@H](Cc1cn(Cc2ccccc2)cn1)C(=O)N1CCOCC1. The van der Waals surface area contributed by atoms with Gasteiger partial charge in [0.2, 0.25) is 5.91 Å². The maximum Gasteiger partial charge on any atom is 0.240 e. The zero-order valence-corrected chi connectivity index (χ0v) is 15.5. The molecule has 1 aromatic carbocycles. The number of carbonyl (C=O) groups excluding carboxylic acids is 1. The lowest BCUT2D eigenvalue weighted by Crippen LogP contribution is -2.49. The van der Waals surface area contributed by atoms with Crippen LogP contribution in [-0.4, -0.2) is 52.7 Å². The lowest BCUT2D eigenvalue weighted by atomic mass is 10.1. The van der Waals surface area contributed by atoms with Crippen LogP contribution in [0.4, 0.5) is 0 Å². The Balaban J connectivity index is 0.00000156. The van der Waals surface area contributed by atoms with Gasteiger partial charge < -0.3 is 19.9 Å². The number of halogens is 2. The van der Waals surface area contributed by atoms with Crippen LogP contribution in [0.25, 0.3) is 0 Å². The Morgan fingerprint density at radius 2 is 1.88 bits per heavy atom. The van der Waals surface area contributed by atoms with Crippen molar-refractivity contribution in [2.75, 3.05) is 26.3 Å². The van der Waals surface area contributed by atoms with Gasteiger partial charge in [0.25, 0.3) is 0 Å². The normalized spacial score (nSPS) is 15.0. The fourth-order valence-electron chi connectivity index (χ4n) is 2.72. The highest BCUT2D eigenvalue weighted by Crippen LogP contribution is 2.07. The van der Waals surface area contributed by atoms with E-state index in [1.807, 2.05) is 29.0 Å². The minimum absolute atomic E-state index is 0. The monoisotopic (exact) mass is 386 g/mol. The van der Waals surface area contributed by atoms with Crippen LogP contribution in [-0.2, 0) is 22.5 Å². The third-order valence-corrected chi connectivity index (χ3v) is 3.96. The van der Waals surface area contributed by atoms with E-state index in [1.165, 1.54) is 5.56 Å². The number of aromatic nitrogens is 2. The van der Waals surface area contributed by atoms with Gasteiger partial charge in [0.1, 0.15) is 0 Å². The van der Waals surface area contributed by atoms with E-state index in [0.717, 1.165) is 12.2 Å². The van der Waals surface area contributed by atoms with E-state index in [4.69, 9.17) is 10.5 Å². The Morgan fingerprint density at radius 1 is 1.20 bits per heavy atom. The maximum absolute atomic E-state index is 12.3. The molecule has 1 aliphatic heterocycles. The van der Waals surface area contributed by atoms with Crippen LogP contribution in [0.1, 0.15) is 11.3 Å². The number of nitrogens with two attached hydrogens (primary N) is 1. The molecule has 0 aliphatic carbocycles. The number of amides is 1. The zero-order valence-electron chi connectivity index (χ0n) is 13.9. The van der Waals surface area contributed by atoms with E-state index in [9.17, 15) is 4.79 Å². The quantitative estimate of drug-likeness (QED) is 0.844. The van der Waals surface area contributed by atoms with E-state index >= 15 is 0 Å². The highest BCUT2D eigenvalue weighted by atomic mass is 35.5. The van der Waals surface area contributed by atoms with Crippen LogP contribution in [0.2, 0.25) is 0 Å². The van der Waals surface area contributed by atoms with Gasteiger partial charge in [-0.3, -0.25) is 4.79 Å². The van der Waals surface area contributed by atoms with Crippen molar-refractivity contribution in [1.82, 2.24) is 14.5 Å². The van der Waals surface area contributed by atoms with Crippen LogP contribution in [0.3, 0.4) is 0 Å². The molecule has 138 valence electrons. The summed E-state index contributed by atoms with van der Waals surface area (Å²) in [5.74, 6) is -0.0223. The summed E-state index contributed by atoms with van der Waals surface area (Å²) in [5.41, 5.74) is 8.12. The average Bonchev–Trinajstić information content (AvgIpc) is 3.02. The smallest absolute Gasteiger partial charge is 0.240 e. The number of hydrogen-bond acceptors (Lipinski definition) is 4. The van der Waals surface area contributed by atoms with Crippen LogP contribution >= 0.6 is 24.8 Å². The third-order valence-electron chi connectivity index (χ3n) is 3.96. The van der Waals surface area contributed by atoms with Gasteiger partial charge in [-0.25, -0.2) is 4.98 Å². The van der Waals surface area contributed by atoms with Crippen LogP contribution < -0.4 is 5.73 Å². The fourth-order valence-corrected chi connectivity index (χ4v) is 2.72. The Bertz CT molecular complexity index is 645. The molecule has 8 heteroatoms. The zero-order chi connectivity index (χ0) is 16.1. The number of hydrogen-bond donors (Lipinski definition) is 1. The molecule has 1 aromatic heterocycles. The van der Waals surface area contributed by atoms with Crippen LogP contribution in [0.15, 0.2) is 42.9 Å². The van der Waals surface area contributed by atoms with Gasteiger partial charge in [-0.2, -0.15) is 0 Å². The molecule has 0 radical (unpaired) electrons. The van der Waals surface area contributed by atoms with Crippen molar-refractivity contribution in [3.05, 3.63) is 54.1 Å². The molecule has 0 spiro atoms. The number of ether oxygens (including phenoxy) is 1. The van der Waals surface area contributed by atoms with E-state index in [0.29, 0.717) is 32.7 Å². The number of rotatable bonds is 5. The molecule has 0 unspecified atom stereocenters. The second-order valence-electron chi connectivity index (χ2n) is 5.77. The fraction of sp³-hybridized carbons (Fsp3) is 0.412. The number of nitrogens with zero attached hydrogens (tertiary/aromatic N) is 3. The van der Waals surface area contributed by atoms with E-state index in [2.05, 4.69) is 17.1 Å². The molecular formula is C17H24Cl2N4O2. The number of benzene rings is 1. The summed E-state index contributed by atoms with van der Waals surface area (Å²) in [7, 11) is 0. The summed E-state index contributed by atoms with van der Waals surface area (Å²) in [4.78, 5) is 18.5. The van der Waals surface area contributed by atoms with Crippen molar-refractivity contribution in [2.45, 2.75) is 19.0 Å². The second kappa shape index (κ2) is 10.4. The Morgan fingerprint density at radius 3 is 2.56 bits per heavy atom. The standard InChI is InChI=1S/C17H22N4O2.2ClH/c18-16(17(22)21-6-8-23-9-7-21)10-15-12-20(13-19-15)11-14-4-2-1-3-5-14;;/h1-5,12-13,16H,6-11,18H2;2*1H/t16-;;/m0../s1. The molecule has 0 saturated carbocycles. The molecule has 1 saturated heterocycles. The topological polar surface area (TPSA) is 73.4 Å². The number of carbonyl (C=O) groups is 1. The summed E-state index contributed by atoms with van der Waals surface area (Å²) < 4.78 is 7.27. The highest BCUT2D eigenvalue weighted by molar-refractivity contribution is 5.85. The first-order valence-electron chi connectivity index (χ1n) is 7.89. The highest BCUT2D eigenvalue weighted by Gasteiger charge is 2.23. The summed E-state index contributed by atoms with van der Waals surface area (Å²) in [5, 5.41) is 0. The molecule has 3 rings (SSSR count). The minimum Gasteiger partial charge on any atom is -0.378 e. The van der Waals surface area contributed by atoms with Crippen molar-refractivity contribution in [2.24, 2.45) is 5.73 Å². The predicted molar refractivity (Wildman–Crippen MR) is 101 cm³/mol. The molecule has 0 bridgehead atoms. The van der Waals surface area contributed by atoms with Crippen molar-refractivity contribution >= 4 is 30.7 Å². The van der Waals surface area contributed by atoms with E-state index in [-0.39, 0.29) is 30.7 Å². The molecule has 1 fully saturated rings. The molecule has 2 N–H and O–H groups in total. The molecule has 6 nitrogen and oxygen atoms in total. The Labute approximate surface area is 160 Å². The molecular weight excluding hydrogens is 363 g/mol.